The van der Waals surface area contributed by atoms with Crippen molar-refractivity contribution in [2.24, 2.45) is 5.92 Å². The van der Waals surface area contributed by atoms with Crippen LogP contribution in [0.2, 0.25) is 0 Å². The number of esters is 1. The van der Waals surface area contributed by atoms with E-state index in [0.29, 0.717) is 6.54 Å². The topological polar surface area (TPSA) is 67.9 Å². The highest BCUT2D eigenvalue weighted by atomic mass is 16.6. The number of amides is 1. The average Bonchev–Trinajstić information content (AvgIpc) is 2.41. The third kappa shape index (κ3) is 7.32. The summed E-state index contributed by atoms with van der Waals surface area (Å²) in [5.74, 6) is -0.0487. The van der Waals surface area contributed by atoms with Crippen LogP contribution in [0, 0.1) is 5.92 Å². The van der Waals surface area contributed by atoms with Gasteiger partial charge in [0.05, 0.1) is 13.0 Å². The number of hydrogen-bond acceptors (Lipinski definition) is 5. The fourth-order valence-electron chi connectivity index (χ4n) is 2.37. The molecule has 1 aliphatic rings. The van der Waals surface area contributed by atoms with Crippen LogP contribution in [0.5, 0.6) is 0 Å². The van der Waals surface area contributed by atoms with Crippen molar-refractivity contribution in [3.63, 3.8) is 0 Å². The Bertz CT molecular complexity index is 344. The predicted molar refractivity (Wildman–Crippen MR) is 80.0 cm³/mol. The monoisotopic (exact) mass is 300 g/mol. The van der Waals surface area contributed by atoms with Gasteiger partial charge in [-0.15, -0.1) is 0 Å². The first-order valence-corrected chi connectivity index (χ1v) is 7.59. The first-order chi connectivity index (χ1) is 9.81. The van der Waals surface area contributed by atoms with Gasteiger partial charge in [0.15, 0.2) is 0 Å². The van der Waals surface area contributed by atoms with E-state index in [4.69, 9.17) is 9.47 Å². The predicted octanol–water partition coefficient (Wildman–Crippen LogP) is 1.79. The van der Waals surface area contributed by atoms with E-state index in [0.717, 1.165) is 38.9 Å². The Morgan fingerprint density at radius 3 is 2.38 bits per heavy atom. The number of nitrogens with one attached hydrogen (secondary N) is 1. The van der Waals surface area contributed by atoms with E-state index in [9.17, 15) is 9.59 Å². The van der Waals surface area contributed by atoms with Gasteiger partial charge in [0.1, 0.15) is 5.60 Å². The Balaban J connectivity index is 2.10. The van der Waals surface area contributed by atoms with E-state index in [1.54, 1.807) is 0 Å². The lowest BCUT2D eigenvalue weighted by atomic mass is 9.97. The summed E-state index contributed by atoms with van der Waals surface area (Å²) in [6.45, 7) is 8.88. The zero-order valence-electron chi connectivity index (χ0n) is 13.6. The second-order valence-corrected chi connectivity index (χ2v) is 6.42. The van der Waals surface area contributed by atoms with Gasteiger partial charge in [-0.3, -0.25) is 4.79 Å². The summed E-state index contributed by atoms with van der Waals surface area (Å²) in [5.41, 5.74) is -0.458. The highest BCUT2D eigenvalue weighted by molar-refractivity contribution is 5.72. The number of carbonyl (C=O) groups excluding carboxylic acids is 2. The third-order valence-electron chi connectivity index (χ3n) is 3.44. The number of ether oxygens (including phenoxy) is 2. The van der Waals surface area contributed by atoms with Crippen molar-refractivity contribution in [2.45, 2.75) is 45.6 Å². The molecule has 6 heteroatoms. The summed E-state index contributed by atoms with van der Waals surface area (Å²) in [7, 11) is 1.44. The smallest absolute Gasteiger partial charge is 0.407 e. The molecule has 0 atom stereocenters. The van der Waals surface area contributed by atoms with Crippen molar-refractivity contribution < 1.29 is 19.1 Å². The Morgan fingerprint density at radius 2 is 1.86 bits per heavy atom. The molecule has 21 heavy (non-hydrogen) atoms. The molecule has 0 saturated carbocycles. The molecule has 1 fully saturated rings. The fraction of sp³-hybridized carbons (Fsp3) is 0.867. The highest BCUT2D eigenvalue weighted by Gasteiger charge is 2.25. The molecule has 0 radical (unpaired) electrons. The summed E-state index contributed by atoms with van der Waals surface area (Å²) in [5, 5.41) is 2.75. The molecule has 0 aromatic heterocycles. The summed E-state index contributed by atoms with van der Waals surface area (Å²) in [6.07, 6.45) is 2.22. The van der Waals surface area contributed by atoms with Crippen LogP contribution in [0.25, 0.3) is 0 Å². The summed E-state index contributed by atoms with van der Waals surface area (Å²) in [6, 6.07) is 0. The Hall–Kier alpha value is -1.30. The molecule has 1 rings (SSSR count). The Kier molecular flexibility index (Phi) is 6.95. The molecule has 1 heterocycles. The molecule has 1 amide bonds. The molecule has 0 unspecified atom stereocenters. The van der Waals surface area contributed by atoms with Crippen LogP contribution in [0.4, 0.5) is 4.79 Å². The second kappa shape index (κ2) is 8.22. The Morgan fingerprint density at radius 1 is 1.24 bits per heavy atom. The van der Waals surface area contributed by atoms with Crippen LogP contribution in [-0.4, -0.2) is 55.9 Å². The van der Waals surface area contributed by atoms with Gasteiger partial charge in [0, 0.05) is 6.54 Å². The molecule has 0 spiro atoms. The first kappa shape index (κ1) is 17.8. The molecule has 0 aliphatic carbocycles. The minimum Gasteiger partial charge on any atom is -0.469 e. The van der Waals surface area contributed by atoms with Crippen molar-refractivity contribution in [3.8, 4) is 0 Å². The minimum atomic E-state index is -0.458. The Labute approximate surface area is 127 Å². The minimum absolute atomic E-state index is 0.0474. The van der Waals surface area contributed by atoms with Gasteiger partial charge in [-0.2, -0.15) is 0 Å². The number of rotatable bonds is 5. The van der Waals surface area contributed by atoms with Crippen LogP contribution in [0.3, 0.4) is 0 Å². The quantitative estimate of drug-likeness (QED) is 0.619. The van der Waals surface area contributed by atoms with Gasteiger partial charge >= 0.3 is 12.1 Å². The van der Waals surface area contributed by atoms with Gasteiger partial charge in [0.25, 0.3) is 0 Å². The first-order valence-electron chi connectivity index (χ1n) is 7.59. The van der Waals surface area contributed by atoms with E-state index in [1.807, 2.05) is 20.8 Å². The second-order valence-electron chi connectivity index (χ2n) is 6.42. The molecule has 6 nitrogen and oxygen atoms in total. The van der Waals surface area contributed by atoms with Crippen molar-refractivity contribution in [1.82, 2.24) is 10.2 Å². The van der Waals surface area contributed by atoms with Crippen LogP contribution < -0.4 is 5.32 Å². The molecular formula is C15H28N2O4. The van der Waals surface area contributed by atoms with Crippen LogP contribution in [-0.2, 0) is 14.3 Å². The fourth-order valence-corrected chi connectivity index (χ4v) is 2.37. The maximum Gasteiger partial charge on any atom is 0.407 e. The van der Waals surface area contributed by atoms with Crippen molar-refractivity contribution in [3.05, 3.63) is 0 Å². The number of methoxy groups -OCH3 is 1. The zero-order chi connectivity index (χ0) is 15.9. The maximum atomic E-state index is 11.5. The van der Waals surface area contributed by atoms with Gasteiger partial charge in [0.2, 0.25) is 0 Å². The lowest BCUT2D eigenvalue weighted by molar-refractivity contribution is -0.147. The van der Waals surface area contributed by atoms with Crippen LogP contribution >= 0.6 is 0 Å². The molecule has 1 N–H and O–H groups in total. The largest absolute Gasteiger partial charge is 0.469 e. The number of likely N-dealkylation sites (tertiary alicyclic amines) is 1. The number of hydrogen-bond donors (Lipinski definition) is 1. The van der Waals surface area contributed by atoms with E-state index >= 15 is 0 Å². The van der Waals surface area contributed by atoms with Crippen molar-refractivity contribution >= 4 is 12.1 Å². The van der Waals surface area contributed by atoms with E-state index in [2.05, 4.69) is 10.2 Å². The van der Waals surface area contributed by atoms with Gasteiger partial charge < -0.3 is 19.7 Å². The van der Waals surface area contributed by atoms with Crippen molar-refractivity contribution in [1.29, 1.82) is 0 Å². The molecule has 1 saturated heterocycles. The molecule has 0 bridgehead atoms. The molecule has 0 aromatic carbocycles. The number of piperidine rings is 1. The summed E-state index contributed by atoms with van der Waals surface area (Å²) in [4.78, 5) is 25.2. The number of carbonyl (C=O) groups is 2. The van der Waals surface area contributed by atoms with E-state index < -0.39 is 5.60 Å². The lowest BCUT2D eigenvalue weighted by Crippen LogP contribution is -2.38. The zero-order valence-corrected chi connectivity index (χ0v) is 13.6. The van der Waals surface area contributed by atoms with Gasteiger partial charge in [-0.25, -0.2) is 4.79 Å². The summed E-state index contributed by atoms with van der Waals surface area (Å²) >= 11 is 0. The lowest BCUT2D eigenvalue weighted by Gasteiger charge is -2.30. The molecule has 1 aliphatic heterocycles. The third-order valence-corrected chi connectivity index (χ3v) is 3.44. The molecular weight excluding hydrogens is 272 g/mol. The van der Waals surface area contributed by atoms with Crippen LogP contribution in [0.15, 0.2) is 0 Å². The highest BCUT2D eigenvalue weighted by Crippen LogP contribution is 2.18. The van der Waals surface area contributed by atoms with Crippen LogP contribution in [0.1, 0.15) is 40.0 Å². The van der Waals surface area contributed by atoms with Crippen molar-refractivity contribution in [2.75, 3.05) is 33.3 Å². The number of nitrogens with zero attached hydrogens (tertiary/aromatic N) is 1. The van der Waals surface area contributed by atoms with Gasteiger partial charge in [-0.1, -0.05) is 0 Å². The standard InChI is InChI=1S/C15H28N2O4/c1-15(2,3)21-14(19)16-8-5-9-17-10-6-12(7-11-17)13(18)20-4/h12H,5-11H2,1-4H3,(H,16,19). The molecule has 0 aromatic rings. The SMILES string of the molecule is COC(=O)C1CCN(CCCNC(=O)OC(C)(C)C)CC1. The van der Waals surface area contributed by atoms with E-state index in [1.165, 1.54) is 7.11 Å². The normalized spacial score (nSPS) is 17.3. The van der Waals surface area contributed by atoms with Gasteiger partial charge in [-0.05, 0) is 59.7 Å². The maximum absolute atomic E-state index is 11.5. The van der Waals surface area contributed by atoms with E-state index in [-0.39, 0.29) is 18.0 Å². The number of alkyl carbamates (subject to hydrolysis) is 1. The molecule has 122 valence electrons. The average molecular weight is 300 g/mol. The summed E-state index contributed by atoms with van der Waals surface area (Å²) < 4.78 is 9.94.